The molecule has 0 saturated heterocycles. The highest BCUT2D eigenvalue weighted by Crippen LogP contribution is 2.22. The van der Waals surface area contributed by atoms with Gasteiger partial charge in [0.05, 0.1) is 6.21 Å². The lowest BCUT2D eigenvalue weighted by Crippen LogP contribution is -2.23. The number of nitrogens with one attached hydrogen (secondary N) is 2. The van der Waals surface area contributed by atoms with E-state index in [0.717, 1.165) is 27.0 Å². The largest absolute Gasteiger partial charge is 0.488 e. The molecule has 0 aromatic heterocycles. The summed E-state index contributed by atoms with van der Waals surface area (Å²) in [7, 11) is 0. The Kier molecular flexibility index (Phi) is 6.96. The fourth-order valence-corrected chi connectivity index (χ4v) is 2.88. The van der Waals surface area contributed by atoms with Crippen LogP contribution in [0.25, 0.3) is 0 Å². The maximum Gasteiger partial charge on any atom is 0.191 e. The monoisotopic (exact) mass is 439 g/mol. The molecule has 0 bridgehead atoms. The number of hydrogen-bond acceptors (Lipinski definition) is 3. The summed E-state index contributed by atoms with van der Waals surface area (Å²) < 4.78 is 6.89. The second-order valence-electron chi connectivity index (χ2n) is 5.65. The van der Waals surface area contributed by atoms with E-state index >= 15 is 0 Å². The number of hydrogen-bond donors (Lipinski definition) is 2. The van der Waals surface area contributed by atoms with Crippen molar-refractivity contribution in [3.05, 3.63) is 94.5 Å². The van der Waals surface area contributed by atoms with E-state index in [1.165, 1.54) is 0 Å². The first-order valence-electron chi connectivity index (χ1n) is 8.32. The maximum atomic E-state index is 5.94. The molecular formula is C21H18BrN3OS. The lowest BCUT2D eigenvalue weighted by molar-refractivity contribution is 0.306. The summed E-state index contributed by atoms with van der Waals surface area (Å²) in [6, 6.07) is 25.5. The number of halogens is 1. The number of thiocarbonyl (C=S) groups is 1. The van der Waals surface area contributed by atoms with Gasteiger partial charge in [0.2, 0.25) is 0 Å². The molecule has 0 unspecified atom stereocenters. The third-order valence-corrected chi connectivity index (χ3v) is 4.30. The number of ether oxygens (including phenoxy) is 1. The molecule has 3 aromatic rings. The van der Waals surface area contributed by atoms with Crippen molar-refractivity contribution in [1.29, 1.82) is 0 Å². The Morgan fingerprint density at radius 1 is 1.00 bits per heavy atom. The molecule has 0 radical (unpaired) electrons. The molecule has 3 aromatic carbocycles. The fraction of sp³-hybridized carbons (Fsp3) is 0.0476. The molecule has 2 N–H and O–H groups in total. The quantitative estimate of drug-likeness (QED) is 0.308. The highest BCUT2D eigenvalue weighted by atomic mass is 79.9. The second kappa shape index (κ2) is 9.85. The van der Waals surface area contributed by atoms with Crippen molar-refractivity contribution in [2.75, 3.05) is 5.32 Å². The highest BCUT2D eigenvalue weighted by molar-refractivity contribution is 9.10. The number of rotatable bonds is 6. The van der Waals surface area contributed by atoms with E-state index in [2.05, 4.69) is 31.8 Å². The van der Waals surface area contributed by atoms with Crippen molar-refractivity contribution in [2.24, 2.45) is 5.10 Å². The van der Waals surface area contributed by atoms with Gasteiger partial charge < -0.3 is 10.1 Å². The Hall–Kier alpha value is -2.70. The second-order valence-corrected chi connectivity index (χ2v) is 6.97. The average molecular weight is 440 g/mol. The van der Waals surface area contributed by atoms with E-state index in [1.807, 2.05) is 78.9 Å². The number of hydrazone groups is 1. The van der Waals surface area contributed by atoms with Crippen molar-refractivity contribution in [2.45, 2.75) is 6.61 Å². The van der Waals surface area contributed by atoms with Crippen molar-refractivity contribution in [3.8, 4) is 5.75 Å². The van der Waals surface area contributed by atoms with Crippen LogP contribution < -0.4 is 15.5 Å². The molecule has 27 heavy (non-hydrogen) atoms. The van der Waals surface area contributed by atoms with Crippen LogP contribution in [-0.2, 0) is 6.61 Å². The van der Waals surface area contributed by atoms with Crippen molar-refractivity contribution < 1.29 is 4.74 Å². The molecule has 0 spiro atoms. The van der Waals surface area contributed by atoms with Gasteiger partial charge in [-0.1, -0.05) is 64.5 Å². The van der Waals surface area contributed by atoms with Crippen molar-refractivity contribution >= 4 is 45.2 Å². The Balaban J connectivity index is 1.62. The average Bonchev–Trinajstić information content (AvgIpc) is 2.69. The smallest absolute Gasteiger partial charge is 0.191 e. The summed E-state index contributed by atoms with van der Waals surface area (Å²) in [5, 5.41) is 7.70. The van der Waals surface area contributed by atoms with Gasteiger partial charge in [0.15, 0.2) is 5.11 Å². The Labute approximate surface area is 172 Å². The zero-order chi connectivity index (χ0) is 18.9. The van der Waals surface area contributed by atoms with Crippen LogP contribution in [-0.4, -0.2) is 11.3 Å². The first-order valence-corrected chi connectivity index (χ1v) is 9.52. The van der Waals surface area contributed by atoms with Gasteiger partial charge >= 0.3 is 0 Å². The SMILES string of the molecule is S=C(N/N=C\c1cc(Br)ccc1OCc1ccccc1)Nc1ccccc1. The number of anilines is 1. The Morgan fingerprint density at radius 2 is 1.70 bits per heavy atom. The Bertz CT molecular complexity index is 917. The summed E-state index contributed by atoms with van der Waals surface area (Å²) in [6.07, 6.45) is 1.68. The minimum Gasteiger partial charge on any atom is -0.488 e. The minimum absolute atomic E-state index is 0.416. The van der Waals surface area contributed by atoms with Gasteiger partial charge in [0.1, 0.15) is 12.4 Å². The number of para-hydroxylation sites is 1. The van der Waals surface area contributed by atoms with E-state index in [-0.39, 0.29) is 0 Å². The molecule has 0 aliphatic carbocycles. The van der Waals surface area contributed by atoms with E-state index in [4.69, 9.17) is 17.0 Å². The third kappa shape index (κ3) is 6.20. The topological polar surface area (TPSA) is 45.7 Å². The normalized spacial score (nSPS) is 10.6. The van der Waals surface area contributed by atoms with Gasteiger partial charge in [-0.25, -0.2) is 0 Å². The minimum atomic E-state index is 0.416. The maximum absolute atomic E-state index is 5.94. The molecule has 0 aliphatic heterocycles. The van der Waals surface area contributed by atoms with Gasteiger partial charge in [-0.15, -0.1) is 0 Å². The fourth-order valence-electron chi connectivity index (χ4n) is 2.33. The van der Waals surface area contributed by atoms with Crippen LogP contribution in [0, 0.1) is 0 Å². The van der Waals surface area contributed by atoms with Crippen LogP contribution in [0.5, 0.6) is 5.75 Å². The lowest BCUT2D eigenvalue weighted by atomic mass is 10.2. The van der Waals surface area contributed by atoms with Crippen LogP contribution in [0.15, 0.2) is 88.4 Å². The van der Waals surface area contributed by atoms with Crippen molar-refractivity contribution in [3.63, 3.8) is 0 Å². The molecule has 0 saturated carbocycles. The van der Waals surface area contributed by atoms with Crippen LogP contribution in [0.2, 0.25) is 0 Å². The van der Waals surface area contributed by atoms with Crippen LogP contribution >= 0.6 is 28.1 Å². The molecule has 0 amide bonds. The van der Waals surface area contributed by atoms with Crippen LogP contribution in [0.3, 0.4) is 0 Å². The van der Waals surface area contributed by atoms with Gasteiger partial charge in [-0.3, -0.25) is 5.43 Å². The molecule has 4 nitrogen and oxygen atoms in total. The van der Waals surface area contributed by atoms with Crippen LogP contribution in [0.1, 0.15) is 11.1 Å². The first kappa shape index (κ1) is 19.1. The Morgan fingerprint density at radius 3 is 2.44 bits per heavy atom. The standard InChI is InChI=1S/C21H18BrN3OS/c22-18-11-12-20(26-15-16-7-3-1-4-8-16)17(13-18)14-23-25-21(27)24-19-9-5-2-6-10-19/h1-14H,15H2,(H2,24,25,27)/b23-14-. The number of benzene rings is 3. The van der Waals surface area contributed by atoms with Gasteiger partial charge in [0, 0.05) is 15.7 Å². The van der Waals surface area contributed by atoms with E-state index in [9.17, 15) is 0 Å². The lowest BCUT2D eigenvalue weighted by Gasteiger charge is -2.10. The molecule has 0 fully saturated rings. The molecule has 0 aliphatic rings. The predicted octanol–water partition coefficient (Wildman–Crippen LogP) is 5.35. The van der Waals surface area contributed by atoms with E-state index in [1.54, 1.807) is 6.21 Å². The molecule has 6 heteroatoms. The first-order chi connectivity index (χ1) is 13.2. The summed E-state index contributed by atoms with van der Waals surface area (Å²) in [5.74, 6) is 0.745. The van der Waals surface area contributed by atoms with Gasteiger partial charge in [-0.05, 0) is 48.1 Å². The third-order valence-electron chi connectivity index (χ3n) is 3.61. The summed E-state index contributed by atoms with van der Waals surface area (Å²) in [6.45, 7) is 0.491. The molecular weight excluding hydrogens is 422 g/mol. The van der Waals surface area contributed by atoms with Gasteiger partial charge in [0.25, 0.3) is 0 Å². The predicted molar refractivity (Wildman–Crippen MR) is 118 cm³/mol. The van der Waals surface area contributed by atoms with Crippen LogP contribution in [0.4, 0.5) is 5.69 Å². The number of nitrogens with zero attached hydrogens (tertiary/aromatic N) is 1. The van der Waals surface area contributed by atoms with E-state index < -0.39 is 0 Å². The zero-order valence-electron chi connectivity index (χ0n) is 14.4. The summed E-state index contributed by atoms with van der Waals surface area (Å²) >= 11 is 8.73. The summed E-state index contributed by atoms with van der Waals surface area (Å²) in [5.41, 5.74) is 5.67. The molecule has 3 rings (SSSR count). The summed E-state index contributed by atoms with van der Waals surface area (Å²) in [4.78, 5) is 0. The molecule has 136 valence electrons. The molecule has 0 heterocycles. The van der Waals surface area contributed by atoms with Crippen molar-refractivity contribution in [1.82, 2.24) is 5.43 Å². The van der Waals surface area contributed by atoms with Gasteiger partial charge in [-0.2, -0.15) is 5.10 Å². The van der Waals surface area contributed by atoms with E-state index in [0.29, 0.717) is 11.7 Å². The highest BCUT2D eigenvalue weighted by Gasteiger charge is 2.04. The molecule has 0 atom stereocenters. The zero-order valence-corrected chi connectivity index (χ0v) is 16.8.